The van der Waals surface area contributed by atoms with E-state index in [1.165, 1.54) is 4.31 Å². The molecule has 0 saturated heterocycles. The second-order valence-corrected chi connectivity index (χ2v) is 8.77. The predicted molar refractivity (Wildman–Crippen MR) is 112 cm³/mol. The third-order valence-corrected chi connectivity index (χ3v) is 5.41. The lowest BCUT2D eigenvalue weighted by Gasteiger charge is -2.24. The fourth-order valence-corrected chi connectivity index (χ4v) is 3.80. The molecule has 0 heterocycles. The van der Waals surface area contributed by atoms with Gasteiger partial charge in [-0.25, -0.2) is 8.42 Å². The summed E-state index contributed by atoms with van der Waals surface area (Å²) in [5.74, 6) is -0.231. The Morgan fingerprint density at radius 2 is 1.67 bits per heavy atom. The van der Waals surface area contributed by atoms with E-state index < -0.39 is 10.0 Å². The number of nitrogens with one attached hydrogen (secondary N) is 1. The third-order valence-electron chi connectivity index (χ3n) is 4.23. The van der Waals surface area contributed by atoms with Crippen LogP contribution in [0.1, 0.15) is 17.5 Å². The first-order valence-corrected chi connectivity index (χ1v) is 10.5. The summed E-state index contributed by atoms with van der Waals surface area (Å²) in [6.07, 6.45) is 1.22. The number of rotatable bonds is 7. The fourth-order valence-electron chi connectivity index (χ4n) is 2.82. The second-order valence-electron chi connectivity index (χ2n) is 6.86. The summed E-state index contributed by atoms with van der Waals surface area (Å²) in [5, 5.41) is 2.81. The van der Waals surface area contributed by atoms with Gasteiger partial charge in [0.05, 0.1) is 11.9 Å². The molecular formula is C20H27N3O3S. The molecule has 1 N–H and O–H groups in total. The smallest absolute Gasteiger partial charge is 0.232 e. The van der Waals surface area contributed by atoms with Gasteiger partial charge in [-0.3, -0.25) is 9.10 Å². The van der Waals surface area contributed by atoms with Crippen LogP contribution < -0.4 is 14.5 Å². The number of nitrogens with zero attached hydrogens (tertiary/aromatic N) is 2. The molecule has 0 radical (unpaired) electrons. The zero-order valence-electron chi connectivity index (χ0n) is 16.5. The van der Waals surface area contributed by atoms with Crippen LogP contribution in [0.15, 0.2) is 42.5 Å². The minimum absolute atomic E-state index is 0.0653. The monoisotopic (exact) mass is 389 g/mol. The molecule has 6 nitrogen and oxygen atoms in total. The summed E-state index contributed by atoms with van der Waals surface area (Å²) in [6.45, 7) is 3.91. The lowest BCUT2D eigenvalue weighted by Crippen LogP contribution is -2.33. The molecule has 0 aliphatic carbocycles. The lowest BCUT2D eigenvalue weighted by molar-refractivity contribution is -0.116. The predicted octanol–water partition coefficient (Wildman–Crippen LogP) is 3.16. The van der Waals surface area contributed by atoms with Gasteiger partial charge in [-0.2, -0.15) is 0 Å². The van der Waals surface area contributed by atoms with Crippen molar-refractivity contribution in [2.24, 2.45) is 0 Å². The van der Waals surface area contributed by atoms with E-state index in [1.807, 2.05) is 69.2 Å². The highest BCUT2D eigenvalue weighted by Crippen LogP contribution is 2.24. The molecule has 2 aromatic rings. The lowest BCUT2D eigenvalue weighted by atomic mass is 10.1. The van der Waals surface area contributed by atoms with Crippen LogP contribution in [0.2, 0.25) is 0 Å². The molecule has 0 aliphatic heterocycles. The van der Waals surface area contributed by atoms with Crippen molar-refractivity contribution in [1.29, 1.82) is 0 Å². The van der Waals surface area contributed by atoms with Crippen LogP contribution in [0.3, 0.4) is 0 Å². The number of hydrogen-bond donors (Lipinski definition) is 1. The largest absolute Gasteiger partial charge is 0.378 e. The van der Waals surface area contributed by atoms with E-state index in [4.69, 9.17) is 0 Å². The molecule has 2 aromatic carbocycles. The molecule has 0 spiro atoms. The van der Waals surface area contributed by atoms with Crippen LogP contribution in [-0.4, -0.2) is 41.2 Å². The van der Waals surface area contributed by atoms with Gasteiger partial charge in [0.2, 0.25) is 15.9 Å². The Kier molecular flexibility index (Phi) is 6.49. The molecule has 0 atom stereocenters. The summed E-state index contributed by atoms with van der Waals surface area (Å²) in [5.41, 5.74) is 4.24. The average Bonchev–Trinajstić information content (AvgIpc) is 2.56. The Balaban J connectivity index is 2.07. The third kappa shape index (κ3) is 5.72. The van der Waals surface area contributed by atoms with Crippen LogP contribution in [0.25, 0.3) is 0 Å². The van der Waals surface area contributed by atoms with Gasteiger partial charge in [-0.15, -0.1) is 0 Å². The summed E-state index contributed by atoms with van der Waals surface area (Å²) in [7, 11) is 0.401. The summed E-state index contributed by atoms with van der Waals surface area (Å²) in [6, 6.07) is 13.1. The fraction of sp³-hybridized carbons (Fsp3) is 0.350. The van der Waals surface area contributed by atoms with Gasteiger partial charge in [0.15, 0.2) is 0 Å². The van der Waals surface area contributed by atoms with E-state index in [9.17, 15) is 13.2 Å². The number of amides is 1. The van der Waals surface area contributed by atoms with Crippen molar-refractivity contribution in [1.82, 2.24) is 0 Å². The highest BCUT2D eigenvalue weighted by molar-refractivity contribution is 7.92. The first-order valence-electron chi connectivity index (χ1n) is 8.70. The minimum atomic E-state index is -3.49. The van der Waals surface area contributed by atoms with Crippen molar-refractivity contribution in [3.05, 3.63) is 53.6 Å². The molecule has 2 rings (SSSR count). The molecule has 0 saturated carbocycles. The first-order chi connectivity index (χ1) is 12.6. The summed E-state index contributed by atoms with van der Waals surface area (Å²) < 4.78 is 25.7. The van der Waals surface area contributed by atoms with Crippen molar-refractivity contribution >= 4 is 33.0 Å². The summed E-state index contributed by atoms with van der Waals surface area (Å²) >= 11 is 0. The van der Waals surface area contributed by atoms with Gasteiger partial charge in [0, 0.05) is 38.4 Å². The number of sulfonamides is 1. The summed E-state index contributed by atoms with van der Waals surface area (Å²) in [4.78, 5) is 14.3. The van der Waals surface area contributed by atoms with E-state index in [1.54, 1.807) is 6.07 Å². The van der Waals surface area contributed by atoms with Gasteiger partial charge in [-0.1, -0.05) is 17.7 Å². The van der Waals surface area contributed by atoms with Crippen molar-refractivity contribution in [2.75, 3.05) is 41.4 Å². The Morgan fingerprint density at radius 1 is 1.04 bits per heavy atom. The molecule has 0 bridgehead atoms. The van der Waals surface area contributed by atoms with Crippen LogP contribution in [0.4, 0.5) is 17.1 Å². The van der Waals surface area contributed by atoms with Crippen LogP contribution in [0.5, 0.6) is 0 Å². The molecule has 1 amide bonds. The Bertz CT molecular complexity index is 907. The molecule has 7 heteroatoms. The van der Waals surface area contributed by atoms with Gasteiger partial charge in [-0.05, 0) is 49.7 Å². The van der Waals surface area contributed by atoms with Crippen molar-refractivity contribution in [2.45, 2.75) is 20.3 Å². The highest BCUT2D eigenvalue weighted by Gasteiger charge is 2.20. The van der Waals surface area contributed by atoms with Crippen molar-refractivity contribution in [3.8, 4) is 0 Å². The van der Waals surface area contributed by atoms with Gasteiger partial charge in [0.1, 0.15) is 0 Å². The van der Waals surface area contributed by atoms with E-state index >= 15 is 0 Å². The van der Waals surface area contributed by atoms with E-state index in [-0.39, 0.29) is 18.9 Å². The maximum Gasteiger partial charge on any atom is 0.232 e. The normalized spacial score (nSPS) is 11.1. The Morgan fingerprint density at radius 3 is 2.19 bits per heavy atom. The number of aryl methyl sites for hydroxylation is 2. The van der Waals surface area contributed by atoms with Crippen LogP contribution in [-0.2, 0) is 14.8 Å². The number of carbonyl (C=O) groups is 1. The van der Waals surface area contributed by atoms with E-state index in [2.05, 4.69) is 5.32 Å². The number of carbonyl (C=O) groups excluding carboxylic acids is 1. The number of benzene rings is 2. The standard InChI is InChI=1S/C20H27N3O3S/c1-15-6-11-19(16(2)14-15)23(27(5,25)26)13-12-20(24)21-17-7-9-18(10-8-17)22(3)4/h6-11,14H,12-13H2,1-5H3,(H,21,24). The van der Waals surface area contributed by atoms with Crippen molar-refractivity contribution < 1.29 is 13.2 Å². The first kappa shape index (κ1) is 20.8. The van der Waals surface area contributed by atoms with E-state index in [0.29, 0.717) is 11.4 Å². The zero-order chi connectivity index (χ0) is 20.2. The molecule has 0 unspecified atom stereocenters. The van der Waals surface area contributed by atoms with Crippen LogP contribution in [0, 0.1) is 13.8 Å². The number of hydrogen-bond acceptors (Lipinski definition) is 4. The van der Waals surface area contributed by atoms with Gasteiger partial charge < -0.3 is 10.2 Å². The molecule has 27 heavy (non-hydrogen) atoms. The zero-order valence-corrected chi connectivity index (χ0v) is 17.3. The van der Waals surface area contributed by atoms with Crippen LogP contribution >= 0.6 is 0 Å². The Hall–Kier alpha value is -2.54. The Labute approximate surface area is 161 Å². The number of anilines is 3. The molecule has 0 aliphatic rings. The molecule has 0 fully saturated rings. The molecular weight excluding hydrogens is 362 g/mol. The van der Waals surface area contributed by atoms with Crippen molar-refractivity contribution in [3.63, 3.8) is 0 Å². The maximum absolute atomic E-state index is 12.3. The van der Waals surface area contributed by atoms with E-state index in [0.717, 1.165) is 23.1 Å². The second kappa shape index (κ2) is 8.43. The van der Waals surface area contributed by atoms with Gasteiger partial charge >= 0.3 is 0 Å². The average molecular weight is 390 g/mol. The van der Waals surface area contributed by atoms with Gasteiger partial charge in [0.25, 0.3) is 0 Å². The maximum atomic E-state index is 12.3. The topological polar surface area (TPSA) is 69.7 Å². The SMILES string of the molecule is Cc1ccc(N(CCC(=O)Nc2ccc(N(C)C)cc2)S(C)(=O)=O)c(C)c1. The minimum Gasteiger partial charge on any atom is -0.378 e. The highest BCUT2D eigenvalue weighted by atomic mass is 32.2. The molecule has 0 aromatic heterocycles. The molecule has 146 valence electrons. The quantitative estimate of drug-likeness (QED) is 0.790.